The minimum absolute atomic E-state index is 0.431. The summed E-state index contributed by atoms with van der Waals surface area (Å²) in [6.45, 7) is 2.46. The molecule has 28 heavy (non-hydrogen) atoms. The molecule has 0 radical (unpaired) electrons. The second-order valence-corrected chi connectivity index (χ2v) is 8.94. The molecule has 0 fully saturated rings. The van der Waals surface area contributed by atoms with Crippen molar-refractivity contribution in [3.05, 3.63) is 96.3 Å². The molecule has 0 spiro atoms. The highest BCUT2D eigenvalue weighted by molar-refractivity contribution is 9.11. The maximum atomic E-state index is 9.69. The molecular weight excluding hydrogens is 546 g/mol. The maximum Gasteiger partial charge on any atom is 0.141 e. The number of nitriles is 1. The molecule has 0 aliphatic carbocycles. The van der Waals surface area contributed by atoms with Crippen molar-refractivity contribution in [1.82, 2.24) is 0 Å². The van der Waals surface area contributed by atoms with Crippen molar-refractivity contribution in [3.63, 3.8) is 0 Å². The first kappa shape index (κ1) is 20.9. The van der Waals surface area contributed by atoms with Crippen molar-refractivity contribution >= 4 is 59.4 Å². The number of aryl methyl sites for hydroxylation is 1. The number of ether oxygens (including phenoxy) is 1. The van der Waals surface area contributed by atoms with Crippen molar-refractivity contribution in [2.75, 3.05) is 0 Å². The smallest absolute Gasteiger partial charge is 0.141 e. The Morgan fingerprint density at radius 1 is 0.964 bits per heavy atom. The molecular formula is C23H16Br3NO. The predicted octanol–water partition coefficient (Wildman–Crippen LogP) is 7.93. The fourth-order valence-electron chi connectivity index (χ4n) is 2.64. The molecule has 0 aliphatic rings. The minimum Gasteiger partial charge on any atom is -0.487 e. The fraction of sp³-hybridized carbons (Fsp3) is 0.0870. The zero-order chi connectivity index (χ0) is 20.1. The topological polar surface area (TPSA) is 33.0 Å². The van der Waals surface area contributed by atoms with E-state index in [2.05, 4.69) is 53.9 Å². The van der Waals surface area contributed by atoms with Crippen LogP contribution < -0.4 is 4.74 Å². The van der Waals surface area contributed by atoms with E-state index in [4.69, 9.17) is 4.74 Å². The van der Waals surface area contributed by atoms with Crippen LogP contribution in [0.25, 0.3) is 11.6 Å². The summed E-state index contributed by atoms with van der Waals surface area (Å²) < 4.78 is 8.87. The van der Waals surface area contributed by atoms with E-state index in [1.807, 2.05) is 73.7 Å². The Hall–Kier alpha value is -1.87. The summed E-state index contributed by atoms with van der Waals surface area (Å²) in [7, 11) is 0. The molecule has 0 atom stereocenters. The second-order valence-electron chi connectivity index (χ2n) is 6.26. The first-order valence-corrected chi connectivity index (χ1v) is 10.9. The van der Waals surface area contributed by atoms with Crippen LogP contribution in [0.3, 0.4) is 0 Å². The Morgan fingerprint density at radius 3 is 2.29 bits per heavy atom. The summed E-state index contributed by atoms with van der Waals surface area (Å²) in [5, 5.41) is 9.69. The molecule has 5 heteroatoms. The van der Waals surface area contributed by atoms with Crippen LogP contribution in [-0.2, 0) is 6.61 Å². The van der Waals surface area contributed by atoms with Crippen LogP contribution in [0, 0.1) is 18.3 Å². The molecule has 0 saturated carbocycles. The Bertz CT molecular complexity index is 1050. The molecule has 0 heterocycles. The highest BCUT2D eigenvalue weighted by Gasteiger charge is 2.11. The number of halogens is 3. The SMILES string of the molecule is Cc1ccc(/C(C#N)=C/c2cc(Br)cc(Br)c2OCc2ccc(Br)cc2)cc1. The van der Waals surface area contributed by atoms with Crippen LogP contribution in [0.15, 0.2) is 74.1 Å². The average Bonchev–Trinajstić information content (AvgIpc) is 2.67. The highest BCUT2D eigenvalue weighted by atomic mass is 79.9. The third-order valence-corrected chi connectivity index (χ3v) is 5.69. The summed E-state index contributed by atoms with van der Waals surface area (Å²) in [6.07, 6.45) is 1.86. The van der Waals surface area contributed by atoms with Gasteiger partial charge in [0, 0.05) is 14.5 Å². The fourth-order valence-corrected chi connectivity index (χ4v) is 4.28. The van der Waals surface area contributed by atoms with Crippen LogP contribution in [-0.4, -0.2) is 0 Å². The molecule has 3 aromatic carbocycles. The third kappa shape index (κ3) is 5.35. The van der Waals surface area contributed by atoms with Crippen LogP contribution >= 0.6 is 47.8 Å². The molecule has 0 N–H and O–H groups in total. The molecule has 2 nitrogen and oxygen atoms in total. The standard InChI is InChI=1S/C23H16Br3NO/c1-15-2-6-17(7-3-15)19(13-27)10-18-11-21(25)12-22(26)23(18)28-14-16-4-8-20(24)9-5-16/h2-12H,14H2,1H3/b19-10+. The van der Waals surface area contributed by atoms with Crippen molar-refractivity contribution < 1.29 is 4.74 Å². The Labute approximate surface area is 190 Å². The molecule has 3 rings (SSSR count). The first-order valence-electron chi connectivity index (χ1n) is 8.51. The van der Waals surface area contributed by atoms with Gasteiger partial charge in [0.05, 0.1) is 16.1 Å². The van der Waals surface area contributed by atoms with E-state index in [0.717, 1.165) is 35.7 Å². The zero-order valence-corrected chi connectivity index (χ0v) is 19.8. The molecule has 0 aromatic heterocycles. The van der Waals surface area contributed by atoms with Crippen molar-refractivity contribution in [2.24, 2.45) is 0 Å². The van der Waals surface area contributed by atoms with Gasteiger partial charge in [-0.05, 0) is 64.3 Å². The monoisotopic (exact) mass is 559 g/mol. The summed E-state index contributed by atoms with van der Waals surface area (Å²) in [5.74, 6) is 0.700. The van der Waals surface area contributed by atoms with Crippen LogP contribution in [0.4, 0.5) is 0 Å². The van der Waals surface area contributed by atoms with Gasteiger partial charge in [-0.1, -0.05) is 73.8 Å². The molecule has 3 aromatic rings. The third-order valence-electron chi connectivity index (χ3n) is 4.12. The largest absolute Gasteiger partial charge is 0.487 e. The number of hydrogen-bond acceptors (Lipinski definition) is 2. The van der Waals surface area contributed by atoms with Crippen molar-refractivity contribution in [3.8, 4) is 11.8 Å². The quantitative estimate of drug-likeness (QED) is 0.234. The maximum absolute atomic E-state index is 9.69. The van der Waals surface area contributed by atoms with E-state index in [0.29, 0.717) is 17.9 Å². The minimum atomic E-state index is 0.431. The molecule has 0 aliphatic heterocycles. The van der Waals surface area contributed by atoms with Gasteiger partial charge in [0.2, 0.25) is 0 Å². The summed E-state index contributed by atoms with van der Waals surface area (Å²) >= 11 is 10.6. The van der Waals surface area contributed by atoms with Gasteiger partial charge in [-0.2, -0.15) is 5.26 Å². The van der Waals surface area contributed by atoms with Gasteiger partial charge in [0.25, 0.3) is 0 Å². The lowest BCUT2D eigenvalue weighted by atomic mass is 10.0. The number of allylic oxidation sites excluding steroid dienone is 1. The summed E-state index contributed by atoms with van der Waals surface area (Å²) in [6, 6.07) is 22.1. The predicted molar refractivity (Wildman–Crippen MR) is 125 cm³/mol. The van der Waals surface area contributed by atoms with E-state index >= 15 is 0 Å². The average molecular weight is 562 g/mol. The summed E-state index contributed by atoms with van der Waals surface area (Å²) in [5.41, 5.74) is 4.51. The summed E-state index contributed by atoms with van der Waals surface area (Å²) in [4.78, 5) is 0. The molecule has 0 amide bonds. The van der Waals surface area contributed by atoms with E-state index < -0.39 is 0 Å². The van der Waals surface area contributed by atoms with E-state index in [1.54, 1.807) is 0 Å². The van der Waals surface area contributed by atoms with Gasteiger partial charge in [0.1, 0.15) is 12.4 Å². The lowest BCUT2D eigenvalue weighted by Crippen LogP contribution is -1.98. The van der Waals surface area contributed by atoms with Gasteiger partial charge in [-0.15, -0.1) is 0 Å². The zero-order valence-electron chi connectivity index (χ0n) is 15.0. The Kier molecular flexibility index (Phi) is 7.12. The first-order chi connectivity index (χ1) is 13.5. The van der Waals surface area contributed by atoms with Gasteiger partial charge in [-0.3, -0.25) is 0 Å². The highest BCUT2D eigenvalue weighted by Crippen LogP contribution is 2.36. The van der Waals surface area contributed by atoms with Gasteiger partial charge in [0.15, 0.2) is 0 Å². The number of hydrogen-bond donors (Lipinski definition) is 0. The van der Waals surface area contributed by atoms with Gasteiger partial charge in [-0.25, -0.2) is 0 Å². The Balaban J connectivity index is 1.96. The van der Waals surface area contributed by atoms with Crippen LogP contribution in [0.2, 0.25) is 0 Å². The van der Waals surface area contributed by atoms with Crippen molar-refractivity contribution in [2.45, 2.75) is 13.5 Å². The van der Waals surface area contributed by atoms with Crippen LogP contribution in [0.1, 0.15) is 22.3 Å². The second kappa shape index (κ2) is 9.56. The number of nitrogens with zero attached hydrogens (tertiary/aromatic N) is 1. The Morgan fingerprint density at radius 2 is 1.64 bits per heavy atom. The lowest BCUT2D eigenvalue weighted by molar-refractivity contribution is 0.303. The number of benzene rings is 3. The van der Waals surface area contributed by atoms with Crippen molar-refractivity contribution in [1.29, 1.82) is 5.26 Å². The normalized spacial score (nSPS) is 11.2. The molecule has 140 valence electrons. The number of rotatable bonds is 5. The molecule has 0 bridgehead atoms. The molecule has 0 saturated heterocycles. The van der Waals surface area contributed by atoms with E-state index in [1.165, 1.54) is 0 Å². The lowest BCUT2D eigenvalue weighted by Gasteiger charge is -2.13. The van der Waals surface area contributed by atoms with Gasteiger partial charge < -0.3 is 4.74 Å². The van der Waals surface area contributed by atoms with Crippen LogP contribution in [0.5, 0.6) is 5.75 Å². The molecule has 0 unspecified atom stereocenters. The van der Waals surface area contributed by atoms with E-state index in [-0.39, 0.29) is 0 Å². The van der Waals surface area contributed by atoms with Gasteiger partial charge >= 0.3 is 0 Å². The van der Waals surface area contributed by atoms with E-state index in [9.17, 15) is 5.26 Å².